The Hall–Kier alpha value is -1.30. The normalized spacial score (nSPS) is 10.6. The molecule has 114 valence electrons. The van der Waals surface area contributed by atoms with Crippen LogP contribution in [-0.4, -0.2) is 47.7 Å². The van der Waals surface area contributed by atoms with E-state index in [2.05, 4.69) is 5.32 Å². The highest BCUT2D eigenvalue weighted by atomic mass is 16.5. The van der Waals surface area contributed by atoms with Gasteiger partial charge in [-0.3, -0.25) is 0 Å². The van der Waals surface area contributed by atoms with Crippen molar-refractivity contribution in [1.82, 2.24) is 5.32 Å². The third kappa shape index (κ3) is 5.77. The Bertz CT molecular complexity index is 371. The average molecular weight is 283 g/mol. The van der Waals surface area contributed by atoms with E-state index in [1.807, 2.05) is 18.2 Å². The molecular formula is C15H25NO4. The molecule has 1 aromatic rings. The van der Waals surface area contributed by atoms with Crippen LogP contribution in [0.1, 0.15) is 12.0 Å². The molecule has 0 aliphatic heterocycles. The van der Waals surface area contributed by atoms with Crippen LogP contribution in [0.15, 0.2) is 18.2 Å². The van der Waals surface area contributed by atoms with Gasteiger partial charge in [-0.2, -0.15) is 0 Å². The van der Waals surface area contributed by atoms with Crippen LogP contribution in [0.3, 0.4) is 0 Å². The monoisotopic (exact) mass is 283 g/mol. The van der Waals surface area contributed by atoms with Gasteiger partial charge in [-0.25, -0.2) is 0 Å². The van der Waals surface area contributed by atoms with Gasteiger partial charge in [0.2, 0.25) is 0 Å². The molecule has 0 atom stereocenters. The van der Waals surface area contributed by atoms with E-state index >= 15 is 0 Å². The Morgan fingerprint density at radius 1 is 1.00 bits per heavy atom. The number of nitrogens with one attached hydrogen (secondary N) is 1. The maximum atomic E-state index is 5.40. The molecule has 20 heavy (non-hydrogen) atoms. The molecule has 0 radical (unpaired) electrons. The second kappa shape index (κ2) is 10.5. The molecule has 0 bridgehead atoms. The fourth-order valence-corrected chi connectivity index (χ4v) is 1.86. The second-order valence-corrected chi connectivity index (χ2v) is 4.29. The smallest absolute Gasteiger partial charge is 0.165 e. The maximum absolute atomic E-state index is 5.40. The molecule has 1 aromatic carbocycles. The van der Waals surface area contributed by atoms with Crippen molar-refractivity contribution in [3.8, 4) is 11.5 Å². The van der Waals surface area contributed by atoms with Crippen LogP contribution >= 0.6 is 0 Å². The second-order valence-electron chi connectivity index (χ2n) is 4.29. The highest BCUT2D eigenvalue weighted by Crippen LogP contribution is 2.30. The topological polar surface area (TPSA) is 49.0 Å². The van der Waals surface area contributed by atoms with Crippen LogP contribution in [0.2, 0.25) is 0 Å². The van der Waals surface area contributed by atoms with Crippen molar-refractivity contribution in [2.24, 2.45) is 0 Å². The highest BCUT2D eigenvalue weighted by molar-refractivity contribution is 5.46. The summed E-state index contributed by atoms with van der Waals surface area (Å²) in [5, 5.41) is 3.37. The summed E-state index contributed by atoms with van der Waals surface area (Å²) in [6, 6.07) is 5.89. The van der Waals surface area contributed by atoms with E-state index < -0.39 is 0 Å². The molecule has 0 amide bonds. The summed E-state index contributed by atoms with van der Waals surface area (Å²) in [5.74, 6) is 1.55. The highest BCUT2D eigenvalue weighted by Gasteiger charge is 2.08. The number of para-hydroxylation sites is 1. The lowest BCUT2D eigenvalue weighted by atomic mass is 10.2. The fourth-order valence-electron chi connectivity index (χ4n) is 1.86. The van der Waals surface area contributed by atoms with E-state index in [4.69, 9.17) is 18.9 Å². The third-order valence-electron chi connectivity index (χ3n) is 2.87. The van der Waals surface area contributed by atoms with Crippen molar-refractivity contribution < 1.29 is 18.9 Å². The summed E-state index contributed by atoms with van der Waals surface area (Å²) in [7, 11) is 4.98. The summed E-state index contributed by atoms with van der Waals surface area (Å²) in [5.41, 5.74) is 1.09. The number of methoxy groups -OCH3 is 3. The van der Waals surface area contributed by atoms with Gasteiger partial charge in [0.25, 0.3) is 0 Å². The van der Waals surface area contributed by atoms with Crippen molar-refractivity contribution in [2.45, 2.75) is 13.0 Å². The summed E-state index contributed by atoms with van der Waals surface area (Å²) < 4.78 is 21.0. The van der Waals surface area contributed by atoms with Gasteiger partial charge in [0, 0.05) is 25.8 Å². The van der Waals surface area contributed by atoms with E-state index in [0.29, 0.717) is 13.2 Å². The minimum absolute atomic E-state index is 0.647. The van der Waals surface area contributed by atoms with Crippen molar-refractivity contribution in [2.75, 3.05) is 47.7 Å². The number of hydrogen-bond acceptors (Lipinski definition) is 5. The Kier molecular flexibility index (Phi) is 8.78. The van der Waals surface area contributed by atoms with Gasteiger partial charge < -0.3 is 24.3 Å². The molecule has 0 aromatic heterocycles. The van der Waals surface area contributed by atoms with Crippen LogP contribution in [-0.2, 0) is 16.0 Å². The van der Waals surface area contributed by atoms with E-state index in [-0.39, 0.29) is 0 Å². The zero-order valence-electron chi connectivity index (χ0n) is 12.6. The van der Waals surface area contributed by atoms with Gasteiger partial charge in [-0.1, -0.05) is 12.1 Å². The number of benzene rings is 1. The average Bonchev–Trinajstić information content (AvgIpc) is 2.49. The van der Waals surface area contributed by atoms with E-state index in [1.54, 1.807) is 21.3 Å². The molecule has 0 fully saturated rings. The lowest BCUT2D eigenvalue weighted by Gasteiger charge is -2.13. The fraction of sp³-hybridized carbons (Fsp3) is 0.600. The summed E-state index contributed by atoms with van der Waals surface area (Å²) in [6.45, 7) is 3.69. The molecule has 0 saturated carbocycles. The quantitative estimate of drug-likeness (QED) is 0.628. The van der Waals surface area contributed by atoms with Gasteiger partial charge in [0.1, 0.15) is 0 Å². The van der Waals surface area contributed by atoms with Crippen LogP contribution in [0.4, 0.5) is 0 Å². The standard InChI is InChI=1S/C15H25NO4/c1-17-10-11-20-9-5-8-16-12-13-6-4-7-14(18-2)15(13)19-3/h4,6-7,16H,5,8-12H2,1-3H3. The zero-order chi connectivity index (χ0) is 14.6. The van der Waals surface area contributed by atoms with Crippen molar-refractivity contribution in [3.05, 3.63) is 23.8 Å². The molecular weight excluding hydrogens is 258 g/mol. The van der Waals surface area contributed by atoms with Crippen molar-refractivity contribution in [1.29, 1.82) is 0 Å². The first kappa shape index (κ1) is 16.8. The first-order chi connectivity index (χ1) is 9.83. The SMILES string of the molecule is COCCOCCCNCc1cccc(OC)c1OC. The number of rotatable bonds is 11. The Morgan fingerprint density at radius 2 is 1.85 bits per heavy atom. The van der Waals surface area contributed by atoms with E-state index in [0.717, 1.165) is 43.2 Å². The van der Waals surface area contributed by atoms with E-state index in [1.165, 1.54) is 0 Å². The first-order valence-corrected chi connectivity index (χ1v) is 6.80. The molecule has 1 rings (SSSR count). The molecule has 5 nitrogen and oxygen atoms in total. The Balaban J connectivity index is 2.25. The predicted molar refractivity (Wildman–Crippen MR) is 78.6 cm³/mol. The van der Waals surface area contributed by atoms with E-state index in [9.17, 15) is 0 Å². The lowest BCUT2D eigenvalue weighted by molar-refractivity contribution is 0.0694. The molecule has 1 N–H and O–H groups in total. The molecule has 0 spiro atoms. The number of hydrogen-bond donors (Lipinski definition) is 1. The predicted octanol–water partition coefficient (Wildman–Crippen LogP) is 1.85. The third-order valence-corrected chi connectivity index (χ3v) is 2.87. The number of ether oxygens (including phenoxy) is 4. The molecule has 0 aliphatic rings. The minimum Gasteiger partial charge on any atom is -0.493 e. The van der Waals surface area contributed by atoms with Crippen LogP contribution in [0.5, 0.6) is 11.5 Å². The minimum atomic E-state index is 0.647. The van der Waals surface area contributed by atoms with Gasteiger partial charge in [-0.15, -0.1) is 0 Å². The summed E-state index contributed by atoms with van der Waals surface area (Å²) >= 11 is 0. The van der Waals surface area contributed by atoms with Crippen molar-refractivity contribution in [3.63, 3.8) is 0 Å². The summed E-state index contributed by atoms with van der Waals surface area (Å²) in [4.78, 5) is 0. The van der Waals surface area contributed by atoms with Crippen molar-refractivity contribution >= 4 is 0 Å². The molecule has 0 heterocycles. The molecule has 0 aliphatic carbocycles. The maximum Gasteiger partial charge on any atom is 0.165 e. The summed E-state index contributed by atoms with van der Waals surface area (Å²) in [6.07, 6.45) is 0.968. The van der Waals surface area contributed by atoms with Gasteiger partial charge in [-0.05, 0) is 19.0 Å². The van der Waals surface area contributed by atoms with Gasteiger partial charge in [0.05, 0.1) is 27.4 Å². The Morgan fingerprint density at radius 3 is 2.55 bits per heavy atom. The van der Waals surface area contributed by atoms with Gasteiger partial charge >= 0.3 is 0 Å². The molecule has 0 unspecified atom stereocenters. The zero-order valence-corrected chi connectivity index (χ0v) is 12.6. The Labute approximate surface area is 121 Å². The lowest BCUT2D eigenvalue weighted by Crippen LogP contribution is -2.17. The first-order valence-electron chi connectivity index (χ1n) is 6.80. The van der Waals surface area contributed by atoms with Crippen LogP contribution in [0, 0.1) is 0 Å². The molecule has 0 saturated heterocycles. The largest absolute Gasteiger partial charge is 0.493 e. The molecule has 5 heteroatoms. The van der Waals surface area contributed by atoms with Crippen LogP contribution < -0.4 is 14.8 Å². The van der Waals surface area contributed by atoms with Gasteiger partial charge in [0.15, 0.2) is 11.5 Å². The van der Waals surface area contributed by atoms with Crippen LogP contribution in [0.25, 0.3) is 0 Å².